The van der Waals surface area contributed by atoms with Crippen molar-refractivity contribution in [3.8, 4) is 0 Å². The maximum atomic E-state index is 10.4. The van der Waals surface area contributed by atoms with Gasteiger partial charge in [0.25, 0.3) is 0 Å². The highest BCUT2D eigenvalue weighted by atomic mass is 16.5. The van der Waals surface area contributed by atoms with E-state index in [0.717, 1.165) is 0 Å². The van der Waals surface area contributed by atoms with E-state index in [0.29, 0.717) is 18.4 Å². The third-order valence-corrected chi connectivity index (χ3v) is 2.98. The van der Waals surface area contributed by atoms with Gasteiger partial charge in [0, 0.05) is 0 Å². The van der Waals surface area contributed by atoms with Crippen molar-refractivity contribution in [3.63, 3.8) is 0 Å². The van der Waals surface area contributed by atoms with Crippen molar-refractivity contribution >= 4 is 11.9 Å². The van der Waals surface area contributed by atoms with Gasteiger partial charge >= 0.3 is 5.97 Å². The topological polar surface area (TPSA) is 58.9 Å². The number of aliphatic imine (C=N–C) groups is 1. The molecule has 0 bridgehead atoms. The first-order chi connectivity index (χ1) is 6.75. The monoisotopic (exact) mass is 197 g/mol. The van der Waals surface area contributed by atoms with Crippen LogP contribution in [0.1, 0.15) is 32.1 Å². The third-order valence-electron chi connectivity index (χ3n) is 2.98. The van der Waals surface area contributed by atoms with Crippen LogP contribution < -0.4 is 0 Å². The van der Waals surface area contributed by atoms with E-state index >= 15 is 0 Å². The van der Waals surface area contributed by atoms with E-state index in [1.54, 1.807) is 0 Å². The summed E-state index contributed by atoms with van der Waals surface area (Å²) >= 11 is 0. The number of rotatable bonds is 3. The lowest BCUT2D eigenvalue weighted by Crippen LogP contribution is -2.16. The quantitative estimate of drug-likeness (QED) is 0.744. The van der Waals surface area contributed by atoms with Gasteiger partial charge in [0.1, 0.15) is 13.0 Å². The molecule has 1 unspecified atom stereocenters. The number of hydrogen-bond donors (Lipinski definition) is 1. The molecular formula is C10H15NO3. The first kappa shape index (κ1) is 9.49. The highest BCUT2D eigenvalue weighted by Gasteiger charge is 2.30. The fourth-order valence-corrected chi connectivity index (χ4v) is 2.25. The molecule has 78 valence electrons. The summed E-state index contributed by atoms with van der Waals surface area (Å²) in [5.41, 5.74) is 0. The molecule has 0 spiro atoms. The Bertz CT molecular complexity index is 256. The fraction of sp³-hybridized carbons (Fsp3) is 0.800. The second-order valence-electron chi connectivity index (χ2n) is 4.02. The lowest BCUT2D eigenvalue weighted by Gasteiger charge is -2.11. The van der Waals surface area contributed by atoms with Gasteiger partial charge in [0.05, 0.1) is 6.04 Å². The van der Waals surface area contributed by atoms with Crippen molar-refractivity contribution in [1.82, 2.24) is 0 Å². The van der Waals surface area contributed by atoms with E-state index in [1.165, 1.54) is 25.7 Å². The summed E-state index contributed by atoms with van der Waals surface area (Å²) in [6, 6.07) is 0.229. The Labute approximate surface area is 83.0 Å². The van der Waals surface area contributed by atoms with Crippen molar-refractivity contribution in [2.75, 3.05) is 6.61 Å². The van der Waals surface area contributed by atoms with Gasteiger partial charge in [-0.25, -0.2) is 4.99 Å². The maximum absolute atomic E-state index is 10.4. The summed E-state index contributed by atoms with van der Waals surface area (Å²) in [5.74, 6) is 0.173. The molecule has 1 fully saturated rings. The zero-order valence-electron chi connectivity index (χ0n) is 8.11. The summed E-state index contributed by atoms with van der Waals surface area (Å²) in [7, 11) is 0. The summed E-state index contributed by atoms with van der Waals surface area (Å²) in [6.45, 7) is 0.591. The van der Waals surface area contributed by atoms with Crippen molar-refractivity contribution in [1.29, 1.82) is 0 Å². The van der Waals surface area contributed by atoms with E-state index in [4.69, 9.17) is 9.84 Å². The highest BCUT2D eigenvalue weighted by molar-refractivity contribution is 5.94. The number of aliphatic carboxylic acids is 1. The summed E-state index contributed by atoms with van der Waals surface area (Å²) in [4.78, 5) is 14.7. The van der Waals surface area contributed by atoms with Gasteiger partial charge in [-0.15, -0.1) is 0 Å². The van der Waals surface area contributed by atoms with Crippen LogP contribution in [0.15, 0.2) is 4.99 Å². The summed E-state index contributed by atoms with van der Waals surface area (Å²) < 4.78 is 5.26. The lowest BCUT2D eigenvalue weighted by atomic mass is 10.00. The summed E-state index contributed by atoms with van der Waals surface area (Å²) in [6.07, 6.45) is 4.94. The molecule has 1 aliphatic carbocycles. The van der Waals surface area contributed by atoms with Crippen LogP contribution in [0.5, 0.6) is 0 Å². The van der Waals surface area contributed by atoms with E-state index in [1.807, 2.05) is 0 Å². The molecule has 1 aliphatic heterocycles. The Balaban J connectivity index is 1.90. The first-order valence-electron chi connectivity index (χ1n) is 5.17. The van der Waals surface area contributed by atoms with Crippen molar-refractivity contribution in [2.45, 2.75) is 38.1 Å². The molecule has 0 aromatic rings. The van der Waals surface area contributed by atoms with Crippen LogP contribution in [-0.2, 0) is 9.53 Å². The normalized spacial score (nSPS) is 27.4. The van der Waals surface area contributed by atoms with Crippen LogP contribution in [0.4, 0.5) is 0 Å². The van der Waals surface area contributed by atoms with E-state index < -0.39 is 5.97 Å². The Morgan fingerprint density at radius 3 is 2.86 bits per heavy atom. The van der Waals surface area contributed by atoms with Gasteiger partial charge < -0.3 is 9.84 Å². The Hall–Kier alpha value is -1.06. The predicted molar refractivity (Wildman–Crippen MR) is 51.4 cm³/mol. The minimum atomic E-state index is -0.865. The highest BCUT2D eigenvalue weighted by Crippen LogP contribution is 2.31. The van der Waals surface area contributed by atoms with Gasteiger partial charge in [-0.1, -0.05) is 12.8 Å². The average molecular weight is 197 g/mol. The number of carboxylic acids is 1. The molecule has 4 nitrogen and oxygen atoms in total. The molecule has 2 rings (SSSR count). The second-order valence-corrected chi connectivity index (χ2v) is 4.02. The number of ether oxygens (including phenoxy) is 1. The molecule has 1 atom stereocenters. The number of carbonyl (C=O) groups is 1. The molecule has 0 saturated heterocycles. The molecule has 0 amide bonds. The predicted octanol–water partition coefficient (Wildman–Crippen LogP) is 1.45. The Kier molecular flexibility index (Phi) is 2.70. The molecule has 1 saturated carbocycles. The number of hydrogen-bond acceptors (Lipinski definition) is 3. The number of carboxylic acid groups (broad SMARTS) is 1. The smallest absolute Gasteiger partial charge is 0.312 e. The Morgan fingerprint density at radius 1 is 1.50 bits per heavy atom. The van der Waals surface area contributed by atoms with Crippen LogP contribution >= 0.6 is 0 Å². The lowest BCUT2D eigenvalue weighted by molar-refractivity contribution is -0.135. The molecule has 1 heterocycles. The van der Waals surface area contributed by atoms with E-state index in [9.17, 15) is 4.79 Å². The zero-order valence-corrected chi connectivity index (χ0v) is 8.11. The van der Waals surface area contributed by atoms with E-state index in [-0.39, 0.29) is 12.5 Å². The van der Waals surface area contributed by atoms with Gasteiger partial charge in [0.2, 0.25) is 0 Å². The fourth-order valence-electron chi connectivity index (χ4n) is 2.25. The van der Waals surface area contributed by atoms with Gasteiger partial charge in [-0.3, -0.25) is 4.79 Å². The largest absolute Gasteiger partial charge is 0.481 e. The Morgan fingerprint density at radius 2 is 2.21 bits per heavy atom. The van der Waals surface area contributed by atoms with Crippen LogP contribution in [0, 0.1) is 5.92 Å². The van der Waals surface area contributed by atoms with Gasteiger partial charge in [-0.05, 0) is 18.8 Å². The maximum Gasteiger partial charge on any atom is 0.312 e. The van der Waals surface area contributed by atoms with Crippen LogP contribution in [0.2, 0.25) is 0 Å². The molecule has 0 aromatic heterocycles. The van der Waals surface area contributed by atoms with Gasteiger partial charge in [-0.2, -0.15) is 0 Å². The molecule has 0 radical (unpaired) electrons. The van der Waals surface area contributed by atoms with Crippen LogP contribution in [0.3, 0.4) is 0 Å². The molecule has 2 aliphatic rings. The standard InChI is InChI=1S/C10H15NO3/c12-10(13)5-9-11-8(6-14-9)7-3-1-2-4-7/h7-8H,1-6H2,(H,12,13). The van der Waals surface area contributed by atoms with Crippen molar-refractivity contribution in [2.24, 2.45) is 10.9 Å². The van der Waals surface area contributed by atoms with Crippen molar-refractivity contribution < 1.29 is 14.6 Å². The summed E-state index contributed by atoms with van der Waals surface area (Å²) in [5, 5.41) is 8.56. The zero-order chi connectivity index (χ0) is 9.97. The minimum Gasteiger partial charge on any atom is -0.481 e. The second kappa shape index (κ2) is 3.98. The van der Waals surface area contributed by atoms with Crippen LogP contribution in [0.25, 0.3) is 0 Å². The molecule has 0 aromatic carbocycles. The van der Waals surface area contributed by atoms with Crippen molar-refractivity contribution in [3.05, 3.63) is 0 Å². The SMILES string of the molecule is O=C(O)CC1=NC(C2CCCC2)CO1. The van der Waals surface area contributed by atoms with Crippen LogP contribution in [-0.4, -0.2) is 29.6 Å². The van der Waals surface area contributed by atoms with Gasteiger partial charge in [0.15, 0.2) is 5.90 Å². The number of nitrogens with zero attached hydrogens (tertiary/aromatic N) is 1. The molecule has 14 heavy (non-hydrogen) atoms. The van der Waals surface area contributed by atoms with E-state index in [2.05, 4.69) is 4.99 Å². The third kappa shape index (κ3) is 2.05. The molecule has 1 N–H and O–H groups in total. The molecular weight excluding hydrogens is 182 g/mol. The first-order valence-corrected chi connectivity index (χ1v) is 5.17. The minimum absolute atomic E-state index is 0.0663. The molecule has 4 heteroatoms. The average Bonchev–Trinajstić information content (AvgIpc) is 2.69.